The van der Waals surface area contributed by atoms with Crippen LogP contribution in [0.5, 0.6) is 0 Å². The molecule has 32 heavy (non-hydrogen) atoms. The topological polar surface area (TPSA) is 96.6 Å². The van der Waals surface area contributed by atoms with Crippen LogP contribution in [0.25, 0.3) is 11.4 Å². The number of carbonyl (C=O) groups is 1. The Labute approximate surface area is 188 Å². The normalized spacial score (nSPS) is 12.4. The Balaban J connectivity index is 1.81. The van der Waals surface area contributed by atoms with Gasteiger partial charge in [-0.3, -0.25) is 9.10 Å². The Morgan fingerprint density at radius 1 is 1.19 bits per heavy atom. The highest BCUT2D eigenvalue weighted by molar-refractivity contribution is 7.92. The van der Waals surface area contributed by atoms with Crippen molar-refractivity contribution < 1.29 is 26.5 Å². The highest BCUT2D eigenvalue weighted by atomic mass is 35.5. The van der Waals surface area contributed by atoms with E-state index in [0.29, 0.717) is 16.7 Å². The molecule has 0 aliphatic rings. The minimum atomic E-state index is -4.00. The van der Waals surface area contributed by atoms with E-state index in [1.807, 2.05) is 0 Å². The zero-order chi connectivity index (χ0) is 23.6. The van der Waals surface area contributed by atoms with Crippen molar-refractivity contribution in [1.29, 1.82) is 0 Å². The second-order valence-corrected chi connectivity index (χ2v) is 9.29. The molecule has 0 spiro atoms. The van der Waals surface area contributed by atoms with Crippen molar-refractivity contribution in [1.82, 2.24) is 15.0 Å². The molecule has 8 nitrogen and oxygen atoms in total. The molecule has 0 saturated carbocycles. The molecular formula is C20H19ClF2N4O4S. The van der Waals surface area contributed by atoms with Crippen LogP contribution < -0.4 is 4.31 Å². The SMILES string of the molecule is C[C@H](C(=O)N(C)Cc1nc(-c2ccccc2Cl)no1)N(c1ccc(F)c(F)c1)S(C)(=O)=O. The van der Waals surface area contributed by atoms with Crippen molar-refractivity contribution in [3.05, 3.63) is 65.0 Å². The number of sulfonamides is 1. The Hall–Kier alpha value is -3.05. The average molecular weight is 485 g/mol. The predicted molar refractivity (Wildman–Crippen MR) is 114 cm³/mol. The largest absolute Gasteiger partial charge is 0.337 e. The monoisotopic (exact) mass is 484 g/mol. The molecule has 1 amide bonds. The molecule has 1 heterocycles. The van der Waals surface area contributed by atoms with Crippen molar-refractivity contribution in [3.63, 3.8) is 0 Å². The van der Waals surface area contributed by atoms with Crippen LogP contribution in [0.1, 0.15) is 12.8 Å². The minimum Gasteiger partial charge on any atom is -0.337 e. The van der Waals surface area contributed by atoms with Gasteiger partial charge < -0.3 is 9.42 Å². The van der Waals surface area contributed by atoms with Crippen LogP contribution in [0.4, 0.5) is 14.5 Å². The Bertz CT molecular complexity index is 1250. The van der Waals surface area contributed by atoms with Crippen molar-refractivity contribution >= 4 is 33.2 Å². The van der Waals surface area contributed by atoms with Crippen LogP contribution in [0, 0.1) is 11.6 Å². The van der Waals surface area contributed by atoms with Gasteiger partial charge in [-0.1, -0.05) is 28.9 Å². The number of hydrogen-bond donors (Lipinski definition) is 0. The lowest BCUT2D eigenvalue weighted by Gasteiger charge is -2.30. The molecule has 12 heteroatoms. The van der Waals surface area contributed by atoms with E-state index >= 15 is 0 Å². The highest BCUT2D eigenvalue weighted by Crippen LogP contribution is 2.26. The molecule has 0 aliphatic heterocycles. The van der Waals surface area contributed by atoms with Gasteiger partial charge in [0.05, 0.1) is 23.5 Å². The van der Waals surface area contributed by atoms with Gasteiger partial charge in [-0.2, -0.15) is 4.98 Å². The summed E-state index contributed by atoms with van der Waals surface area (Å²) in [5, 5.41) is 4.28. The molecule has 0 bridgehead atoms. The Morgan fingerprint density at radius 3 is 2.50 bits per heavy atom. The quantitative estimate of drug-likeness (QED) is 0.509. The lowest BCUT2D eigenvalue weighted by molar-refractivity contribution is -0.131. The molecule has 0 aliphatic carbocycles. The van der Waals surface area contributed by atoms with Gasteiger partial charge in [0.2, 0.25) is 27.6 Å². The van der Waals surface area contributed by atoms with Crippen LogP contribution in [-0.2, 0) is 21.4 Å². The van der Waals surface area contributed by atoms with E-state index in [2.05, 4.69) is 10.1 Å². The number of hydrogen-bond acceptors (Lipinski definition) is 6. The molecule has 3 rings (SSSR count). The second-order valence-electron chi connectivity index (χ2n) is 7.02. The summed E-state index contributed by atoms with van der Waals surface area (Å²) in [6.07, 6.45) is 0.867. The molecule has 0 saturated heterocycles. The summed E-state index contributed by atoms with van der Waals surface area (Å²) in [5.74, 6) is -2.66. The molecule has 1 aromatic heterocycles. The first-order chi connectivity index (χ1) is 15.0. The van der Waals surface area contributed by atoms with Gasteiger partial charge in [-0.05, 0) is 31.2 Å². The molecule has 0 radical (unpaired) electrons. The number of nitrogens with zero attached hydrogens (tertiary/aromatic N) is 4. The summed E-state index contributed by atoms with van der Waals surface area (Å²) in [7, 11) is -2.58. The molecule has 3 aromatic rings. The molecule has 0 fully saturated rings. The summed E-state index contributed by atoms with van der Waals surface area (Å²) in [6.45, 7) is 1.22. The number of anilines is 1. The van der Waals surface area contributed by atoms with E-state index in [1.54, 1.807) is 24.3 Å². The fourth-order valence-electron chi connectivity index (χ4n) is 3.10. The summed E-state index contributed by atoms with van der Waals surface area (Å²) in [6, 6.07) is 8.21. The average Bonchev–Trinajstić information content (AvgIpc) is 3.17. The molecule has 2 aromatic carbocycles. The highest BCUT2D eigenvalue weighted by Gasteiger charge is 2.32. The standard InChI is InChI=1S/C20H19ClF2N4O4S/c1-12(27(32(3,29)30)13-8-9-16(22)17(23)10-13)20(28)26(2)11-18-24-19(25-31-18)14-6-4-5-7-15(14)21/h4-10,12H,11H2,1-3H3/t12-/m1/s1. The van der Waals surface area contributed by atoms with Gasteiger partial charge in [0, 0.05) is 18.7 Å². The predicted octanol–water partition coefficient (Wildman–Crippen LogP) is 3.48. The maximum Gasteiger partial charge on any atom is 0.246 e. The number of rotatable bonds is 7. The maximum atomic E-state index is 13.7. The zero-order valence-corrected chi connectivity index (χ0v) is 18.9. The third kappa shape index (κ3) is 5.05. The van der Waals surface area contributed by atoms with Crippen molar-refractivity contribution in [2.75, 3.05) is 17.6 Å². The van der Waals surface area contributed by atoms with Gasteiger partial charge in [0.1, 0.15) is 6.04 Å². The fraction of sp³-hybridized carbons (Fsp3) is 0.250. The van der Waals surface area contributed by atoms with Gasteiger partial charge in [-0.25, -0.2) is 17.2 Å². The molecule has 0 unspecified atom stereocenters. The smallest absolute Gasteiger partial charge is 0.246 e. The van der Waals surface area contributed by atoms with Crippen LogP contribution >= 0.6 is 11.6 Å². The number of halogens is 3. The van der Waals surface area contributed by atoms with E-state index in [-0.39, 0.29) is 23.9 Å². The fourth-order valence-corrected chi connectivity index (χ4v) is 4.48. The van der Waals surface area contributed by atoms with Crippen molar-refractivity contribution in [3.8, 4) is 11.4 Å². The molecule has 0 N–H and O–H groups in total. The lowest BCUT2D eigenvalue weighted by atomic mass is 10.2. The van der Waals surface area contributed by atoms with Crippen molar-refractivity contribution in [2.24, 2.45) is 0 Å². The number of likely N-dealkylation sites (N-methyl/N-ethyl adjacent to an activating group) is 1. The minimum absolute atomic E-state index is 0.0988. The van der Waals surface area contributed by atoms with Gasteiger partial charge >= 0.3 is 0 Å². The molecule has 1 atom stereocenters. The lowest BCUT2D eigenvalue weighted by Crippen LogP contribution is -2.48. The number of aromatic nitrogens is 2. The van der Waals surface area contributed by atoms with E-state index in [1.165, 1.54) is 18.9 Å². The first-order valence-electron chi connectivity index (χ1n) is 9.26. The summed E-state index contributed by atoms with van der Waals surface area (Å²) in [5.41, 5.74) is 0.368. The van der Waals surface area contributed by atoms with Crippen LogP contribution in [0.3, 0.4) is 0 Å². The number of benzene rings is 2. The second kappa shape index (κ2) is 9.21. The first-order valence-corrected chi connectivity index (χ1v) is 11.5. The van der Waals surface area contributed by atoms with Crippen LogP contribution in [-0.4, -0.2) is 48.7 Å². The van der Waals surface area contributed by atoms with Crippen LogP contribution in [0.2, 0.25) is 5.02 Å². The van der Waals surface area contributed by atoms with Gasteiger partial charge in [0.15, 0.2) is 11.6 Å². The first kappa shape index (κ1) is 23.6. The Morgan fingerprint density at radius 2 is 1.88 bits per heavy atom. The van der Waals surface area contributed by atoms with Gasteiger partial charge in [-0.15, -0.1) is 0 Å². The zero-order valence-electron chi connectivity index (χ0n) is 17.3. The van der Waals surface area contributed by atoms with Crippen LogP contribution in [0.15, 0.2) is 47.0 Å². The summed E-state index contributed by atoms with van der Waals surface area (Å²) in [4.78, 5) is 18.3. The number of carbonyl (C=O) groups excluding carboxylic acids is 1. The van der Waals surface area contributed by atoms with Gasteiger partial charge in [0.25, 0.3) is 0 Å². The summed E-state index contributed by atoms with van der Waals surface area (Å²) < 4.78 is 57.5. The van der Waals surface area contributed by atoms with E-state index in [9.17, 15) is 22.0 Å². The molecular weight excluding hydrogens is 466 g/mol. The molecule has 170 valence electrons. The van der Waals surface area contributed by atoms with Crippen molar-refractivity contribution in [2.45, 2.75) is 19.5 Å². The van der Waals surface area contributed by atoms with E-state index in [4.69, 9.17) is 16.1 Å². The third-order valence-corrected chi connectivity index (χ3v) is 6.13. The van der Waals surface area contributed by atoms with E-state index in [0.717, 1.165) is 22.7 Å². The van der Waals surface area contributed by atoms with E-state index < -0.39 is 33.6 Å². The third-order valence-electron chi connectivity index (χ3n) is 4.56. The number of amides is 1. The Kier molecular flexibility index (Phi) is 6.79. The maximum absolute atomic E-state index is 13.7. The summed E-state index contributed by atoms with van der Waals surface area (Å²) >= 11 is 6.12.